The van der Waals surface area contributed by atoms with E-state index in [9.17, 15) is 17.6 Å². The molecular weight excluding hydrogens is 427 g/mol. The van der Waals surface area contributed by atoms with Crippen LogP contribution in [-0.4, -0.2) is 44.6 Å². The first-order valence-electron chi connectivity index (χ1n) is 9.70. The quantitative estimate of drug-likeness (QED) is 0.658. The van der Waals surface area contributed by atoms with Gasteiger partial charge in [0.1, 0.15) is 16.5 Å². The normalized spacial score (nSPS) is 15.0. The summed E-state index contributed by atoms with van der Waals surface area (Å²) in [5.74, 6) is 0.483. The molecular formula is C21H25FN2O4S2. The molecule has 0 saturated carbocycles. The number of nitrogens with one attached hydrogen (secondary N) is 1. The number of anilines is 1. The second-order valence-corrected chi connectivity index (χ2v) is 9.89. The van der Waals surface area contributed by atoms with Crippen molar-refractivity contribution >= 4 is 33.4 Å². The van der Waals surface area contributed by atoms with Crippen molar-refractivity contribution in [3.63, 3.8) is 0 Å². The molecule has 1 fully saturated rings. The molecule has 6 nitrogen and oxygen atoms in total. The van der Waals surface area contributed by atoms with Crippen molar-refractivity contribution in [2.45, 2.75) is 29.9 Å². The van der Waals surface area contributed by atoms with E-state index in [-0.39, 0.29) is 28.1 Å². The predicted octanol–water partition coefficient (Wildman–Crippen LogP) is 3.88. The Labute approximate surface area is 180 Å². The average Bonchev–Trinajstić information content (AvgIpc) is 2.75. The minimum Gasteiger partial charge on any atom is -0.495 e. The first kappa shape index (κ1) is 22.6. The maximum absolute atomic E-state index is 13.1. The molecule has 0 atom stereocenters. The molecule has 162 valence electrons. The smallest absolute Gasteiger partial charge is 0.246 e. The molecule has 1 aliphatic heterocycles. The highest BCUT2D eigenvalue weighted by Gasteiger charge is 2.29. The third kappa shape index (κ3) is 5.74. The summed E-state index contributed by atoms with van der Waals surface area (Å²) in [4.78, 5) is 12.3. The number of ether oxygens (including phenoxy) is 1. The highest BCUT2D eigenvalue weighted by molar-refractivity contribution is 7.99. The van der Waals surface area contributed by atoms with E-state index in [1.54, 1.807) is 24.3 Å². The van der Waals surface area contributed by atoms with Crippen LogP contribution in [0.1, 0.15) is 24.8 Å². The van der Waals surface area contributed by atoms with E-state index in [2.05, 4.69) is 5.32 Å². The van der Waals surface area contributed by atoms with Gasteiger partial charge in [0.25, 0.3) is 0 Å². The average molecular weight is 453 g/mol. The monoisotopic (exact) mass is 452 g/mol. The van der Waals surface area contributed by atoms with Gasteiger partial charge < -0.3 is 10.1 Å². The number of thioether (sulfide) groups is 1. The molecule has 2 aromatic rings. The Morgan fingerprint density at radius 1 is 1.13 bits per heavy atom. The van der Waals surface area contributed by atoms with Crippen molar-refractivity contribution in [1.29, 1.82) is 0 Å². The zero-order valence-electron chi connectivity index (χ0n) is 16.8. The van der Waals surface area contributed by atoms with Crippen LogP contribution in [-0.2, 0) is 20.6 Å². The molecule has 0 aliphatic carbocycles. The molecule has 0 unspecified atom stereocenters. The van der Waals surface area contributed by atoms with Gasteiger partial charge >= 0.3 is 0 Å². The summed E-state index contributed by atoms with van der Waals surface area (Å²) in [7, 11) is -2.27. The molecule has 30 heavy (non-hydrogen) atoms. The Morgan fingerprint density at radius 3 is 2.50 bits per heavy atom. The largest absolute Gasteiger partial charge is 0.495 e. The molecule has 3 rings (SSSR count). The second-order valence-electron chi connectivity index (χ2n) is 7.00. The second kappa shape index (κ2) is 10.3. The summed E-state index contributed by atoms with van der Waals surface area (Å²) >= 11 is 1.39. The predicted molar refractivity (Wildman–Crippen MR) is 117 cm³/mol. The highest BCUT2D eigenvalue weighted by atomic mass is 32.2. The van der Waals surface area contributed by atoms with E-state index in [0.717, 1.165) is 24.8 Å². The number of amides is 1. The molecule has 0 radical (unpaired) electrons. The van der Waals surface area contributed by atoms with Gasteiger partial charge in [0, 0.05) is 24.5 Å². The van der Waals surface area contributed by atoms with Crippen molar-refractivity contribution in [3.05, 3.63) is 53.8 Å². The van der Waals surface area contributed by atoms with E-state index in [1.165, 1.54) is 41.4 Å². The fourth-order valence-electron chi connectivity index (χ4n) is 3.24. The number of hydrogen-bond acceptors (Lipinski definition) is 5. The number of piperidine rings is 1. The first-order valence-corrected chi connectivity index (χ1v) is 12.3. The van der Waals surface area contributed by atoms with Gasteiger partial charge in [-0.2, -0.15) is 4.31 Å². The van der Waals surface area contributed by atoms with Crippen LogP contribution in [0.25, 0.3) is 0 Å². The van der Waals surface area contributed by atoms with Crippen LogP contribution >= 0.6 is 11.8 Å². The van der Waals surface area contributed by atoms with Gasteiger partial charge in [-0.1, -0.05) is 18.6 Å². The molecule has 1 saturated heterocycles. The summed E-state index contributed by atoms with van der Waals surface area (Å²) in [5, 5.41) is 2.75. The zero-order chi connectivity index (χ0) is 21.6. The Hall–Kier alpha value is -2.10. The van der Waals surface area contributed by atoms with E-state index in [0.29, 0.717) is 24.5 Å². The van der Waals surface area contributed by atoms with Gasteiger partial charge in [0.15, 0.2) is 0 Å². The van der Waals surface area contributed by atoms with Crippen molar-refractivity contribution < 1.29 is 22.3 Å². The van der Waals surface area contributed by atoms with E-state index in [1.807, 2.05) is 0 Å². The van der Waals surface area contributed by atoms with E-state index < -0.39 is 10.0 Å². The number of hydrogen-bond donors (Lipinski definition) is 1. The Morgan fingerprint density at radius 2 is 1.83 bits per heavy atom. The third-order valence-electron chi connectivity index (χ3n) is 4.80. The Bertz CT molecular complexity index is 975. The lowest BCUT2D eigenvalue weighted by Gasteiger charge is -2.26. The number of methoxy groups -OCH3 is 1. The molecule has 9 heteroatoms. The van der Waals surface area contributed by atoms with Crippen LogP contribution in [0.4, 0.5) is 10.1 Å². The topological polar surface area (TPSA) is 75.7 Å². The van der Waals surface area contributed by atoms with Gasteiger partial charge in [-0.05, 0) is 48.7 Å². The third-order valence-corrected chi connectivity index (χ3v) is 7.72. The van der Waals surface area contributed by atoms with Crippen molar-refractivity contribution in [2.75, 3.05) is 31.3 Å². The number of nitrogens with zero attached hydrogens (tertiary/aromatic N) is 1. The zero-order valence-corrected chi connectivity index (χ0v) is 18.4. The molecule has 1 aliphatic rings. The number of sulfonamides is 1. The SMILES string of the molecule is COc1ccc(NC(=O)CSCc2ccc(F)cc2)cc1S(=O)(=O)N1CCCCC1. The molecule has 1 heterocycles. The number of carbonyl (C=O) groups excluding carboxylic acids is 1. The van der Waals surface area contributed by atoms with Gasteiger partial charge in [-0.25, -0.2) is 12.8 Å². The van der Waals surface area contributed by atoms with Crippen LogP contribution in [0.2, 0.25) is 0 Å². The minimum absolute atomic E-state index is 0.0589. The fraction of sp³-hybridized carbons (Fsp3) is 0.381. The molecule has 0 spiro atoms. The molecule has 2 aromatic carbocycles. The van der Waals surface area contributed by atoms with Crippen LogP contribution in [0.3, 0.4) is 0 Å². The summed E-state index contributed by atoms with van der Waals surface area (Å²) in [6.07, 6.45) is 2.70. The van der Waals surface area contributed by atoms with E-state index in [4.69, 9.17) is 4.74 Å². The van der Waals surface area contributed by atoms with E-state index >= 15 is 0 Å². The lowest BCUT2D eigenvalue weighted by Crippen LogP contribution is -2.35. The van der Waals surface area contributed by atoms with Gasteiger partial charge in [-0.15, -0.1) is 11.8 Å². The lowest BCUT2D eigenvalue weighted by atomic mass is 10.2. The van der Waals surface area contributed by atoms with Gasteiger partial charge in [-0.3, -0.25) is 4.79 Å². The standard InChI is InChI=1S/C21H25FN2O4S2/c1-28-19-10-9-18(13-20(19)30(26,27)24-11-3-2-4-12-24)23-21(25)15-29-14-16-5-7-17(22)8-6-16/h5-10,13H,2-4,11-12,14-15H2,1H3,(H,23,25). The summed E-state index contributed by atoms with van der Waals surface area (Å²) in [6.45, 7) is 0.976. The molecule has 0 aromatic heterocycles. The maximum Gasteiger partial charge on any atom is 0.246 e. The van der Waals surface area contributed by atoms with Crippen LogP contribution < -0.4 is 10.1 Å². The molecule has 1 amide bonds. The number of halogens is 1. The summed E-state index contributed by atoms with van der Waals surface area (Å²) in [5.41, 5.74) is 1.33. The van der Waals surface area contributed by atoms with Crippen LogP contribution in [0.15, 0.2) is 47.4 Å². The minimum atomic E-state index is -3.70. The number of benzene rings is 2. The number of carbonyl (C=O) groups is 1. The summed E-state index contributed by atoms with van der Waals surface area (Å²) < 4.78 is 45.8. The maximum atomic E-state index is 13.1. The number of rotatable bonds is 8. The molecule has 1 N–H and O–H groups in total. The highest BCUT2D eigenvalue weighted by Crippen LogP contribution is 2.31. The first-order chi connectivity index (χ1) is 14.4. The Kier molecular flexibility index (Phi) is 7.74. The van der Waals surface area contributed by atoms with Crippen molar-refractivity contribution in [2.24, 2.45) is 0 Å². The van der Waals surface area contributed by atoms with Crippen LogP contribution in [0.5, 0.6) is 5.75 Å². The van der Waals surface area contributed by atoms with Gasteiger partial charge in [0.05, 0.1) is 12.9 Å². The van der Waals surface area contributed by atoms with Crippen molar-refractivity contribution in [3.8, 4) is 5.75 Å². The van der Waals surface area contributed by atoms with Gasteiger partial charge in [0.2, 0.25) is 15.9 Å². The van der Waals surface area contributed by atoms with Crippen LogP contribution in [0, 0.1) is 5.82 Å². The molecule has 0 bridgehead atoms. The van der Waals surface area contributed by atoms with Crippen molar-refractivity contribution in [1.82, 2.24) is 4.31 Å². The Balaban J connectivity index is 1.65. The lowest BCUT2D eigenvalue weighted by molar-refractivity contribution is -0.113. The summed E-state index contributed by atoms with van der Waals surface area (Å²) in [6, 6.07) is 10.8. The fourth-order valence-corrected chi connectivity index (χ4v) is 5.73.